The van der Waals surface area contributed by atoms with E-state index in [4.69, 9.17) is 0 Å². The van der Waals surface area contributed by atoms with E-state index >= 15 is 0 Å². The second kappa shape index (κ2) is 8.75. The first kappa shape index (κ1) is 19.7. The number of pyridine rings is 1. The van der Waals surface area contributed by atoms with Gasteiger partial charge in [0.25, 0.3) is 11.5 Å². The van der Waals surface area contributed by atoms with Crippen molar-refractivity contribution >= 4 is 33.4 Å². The summed E-state index contributed by atoms with van der Waals surface area (Å²) in [4.78, 5) is 49.0. The summed E-state index contributed by atoms with van der Waals surface area (Å²) in [7, 11) is 0. The van der Waals surface area contributed by atoms with Crippen LogP contribution in [0.2, 0.25) is 0 Å². The second-order valence-corrected chi connectivity index (χ2v) is 7.53. The predicted molar refractivity (Wildman–Crippen MR) is 108 cm³/mol. The molecule has 0 saturated heterocycles. The van der Waals surface area contributed by atoms with Gasteiger partial charge >= 0.3 is 0 Å². The van der Waals surface area contributed by atoms with Crippen molar-refractivity contribution < 1.29 is 9.59 Å². The molecule has 0 fully saturated rings. The van der Waals surface area contributed by atoms with E-state index < -0.39 is 0 Å². The van der Waals surface area contributed by atoms with Crippen LogP contribution in [0.1, 0.15) is 33.0 Å². The Labute approximate surface area is 165 Å². The lowest BCUT2D eigenvalue weighted by atomic mass is 10.2. The molecule has 2 amide bonds. The number of aryl methyl sites for hydroxylation is 3. The molecule has 8 nitrogen and oxygen atoms in total. The van der Waals surface area contributed by atoms with Crippen LogP contribution in [0.15, 0.2) is 29.3 Å². The minimum atomic E-state index is -0.237. The lowest BCUT2D eigenvalue weighted by Gasteiger charge is -2.07. The van der Waals surface area contributed by atoms with Crippen molar-refractivity contribution in [3.63, 3.8) is 0 Å². The third kappa shape index (κ3) is 4.61. The van der Waals surface area contributed by atoms with Gasteiger partial charge in [-0.05, 0) is 31.5 Å². The first-order chi connectivity index (χ1) is 13.5. The Bertz CT molecular complexity index is 1060. The fraction of sp³-hybridized carbons (Fsp3) is 0.316. The SMILES string of the molecule is Cc1sc2nc(CCC(=O)NCCNC(=O)c3cccnc3)[nH]c(=O)c2c1C. The maximum absolute atomic E-state index is 12.2. The number of rotatable bonds is 7. The summed E-state index contributed by atoms with van der Waals surface area (Å²) in [5, 5.41) is 6.07. The van der Waals surface area contributed by atoms with Gasteiger partial charge in [0.05, 0.1) is 10.9 Å². The van der Waals surface area contributed by atoms with Gasteiger partial charge in [0, 0.05) is 43.2 Å². The lowest BCUT2D eigenvalue weighted by Crippen LogP contribution is -2.34. The number of H-pyrrole nitrogens is 1. The van der Waals surface area contributed by atoms with Crippen molar-refractivity contribution in [2.75, 3.05) is 13.1 Å². The van der Waals surface area contributed by atoms with Crippen LogP contribution < -0.4 is 16.2 Å². The van der Waals surface area contributed by atoms with E-state index in [1.54, 1.807) is 18.3 Å². The van der Waals surface area contributed by atoms with Crippen molar-refractivity contribution in [1.29, 1.82) is 0 Å². The van der Waals surface area contributed by atoms with Gasteiger partial charge in [-0.2, -0.15) is 0 Å². The topological polar surface area (TPSA) is 117 Å². The normalized spacial score (nSPS) is 10.8. The summed E-state index contributed by atoms with van der Waals surface area (Å²) in [6, 6.07) is 3.35. The molecule has 0 unspecified atom stereocenters. The van der Waals surface area contributed by atoms with Gasteiger partial charge in [-0.1, -0.05) is 0 Å². The zero-order chi connectivity index (χ0) is 20.1. The molecule has 3 aromatic heterocycles. The summed E-state index contributed by atoms with van der Waals surface area (Å²) in [5.41, 5.74) is 1.25. The monoisotopic (exact) mass is 399 g/mol. The minimum absolute atomic E-state index is 0.166. The lowest BCUT2D eigenvalue weighted by molar-refractivity contribution is -0.121. The molecule has 9 heteroatoms. The molecule has 0 bridgehead atoms. The Morgan fingerprint density at radius 1 is 1.21 bits per heavy atom. The Kier molecular flexibility index (Phi) is 6.15. The molecule has 0 aliphatic heterocycles. The third-order valence-electron chi connectivity index (χ3n) is 4.33. The minimum Gasteiger partial charge on any atom is -0.354 e. The van der Waals surface area contributed by atoms with Crippen molar-refractivity contribution in [3.8, 4) is 0 Å². The standard InChI is InChI=1S/C19H21N5O3S/c1-11-12(2)28-19-16(11)18(27)23-14(24-19)5-6-15(25)21-8-9-22-17(26)13-4-3-7-20-10-13/h3-4,7,10H,5-6,8-9H2,1-2H3,(H,21,25)(H,22,26)(H,23,24,27). The van der Waals surface area contributed by atoms with E-state index in [-0.39, 0.29) is 23.8 Å². The van der Waals surface area contributed by atoms with Crippen LogP contribution in [0, 0.1) is 13.8 Å². The summed E-state index contributed by atoms with van der Waals surface area (Å²) < 4.78 is 0. The van der Waals surface area contributed by atoms with E-state index in [1.807, 2.05) is 13.8 Å². The Hall–Kier alpha value is -3.07. The quantitative estimate of drug-likeness (QED) is 0.520. The molecule has 0 saturated carbocycles. The number of hydrogen-bond acceptors (Lipinski definition) is 6. The molecule has 3 heterocycles. The van der Waals surface area contributed by atoms with E-state index in [0.29, 0.717) is 41.1 Å². The van der Waals surface area contributed by atoms with Gasteiger partial charge in [0.2, 0.25) is 5.91 Å². The van der Waals surface area contributed by atoms with E-state index in [2.05, 4.69) is 25.6 Å². The van der Waals surface area contributed by atoms with Crippen LogP contribution in [-0.4, -0.2) is 39.9 Å². The van der Waals surface area contributed by atoms with Crippen LogP contribution in [0.25, 0.3) is 10.2 Å². The summed E-state index contributed by atoms with van der Waals surface area (Å²) in [6.07, 6.45) is 3.62. The number of nitrogens with zero attached hydrogens (tertiary/aromatic N) is 2. The number of aromatic amines is 1. The van der Waals surface area contributed by atoms with Crippen molar-refractivity contribution in [3.05, 3.63) is 56.7 Å². The van der Waals surface area contributed by atoms with Crippen molar-refractivity contribution in [1.82, 2.24) is 25.6 Å². The van der Waals surface area contributed by atoms with Gasteiger partial charge in [-0.25, -0.2) is 4.98 Å². The Morgan fingerprint density at radius 3 is 2.75 bits per heavy atom. The molecule has 3 rings (SSSR count). The van der Waals surface area contributed by atoms with Crippen LogP contribution in [0.5, 0.6) is 0 Å². The fourth-order valence-electron chi connectivity index (χ4n) is 2.72. The number of carbonyl (C=O) groups is 2. The number of carbonyl (C=O) groups excluding carboxylic acids is 2. The second-order valence-electron chi connectivity index (χ2n) is 6.32. The number of aromatic nitrogens is 3. The highest BCUT2D eigenvalue weighted by molar-refractivity contribution is 7.18. The number of hydrogen-bond donors (Lipinski definition) is 3. The fourth-order valence-corrected chi connectivity index (χ4v) is 3.76. The maximum Gasteiger partial charge on any atom is 0.259 e. The zero-order valence-corrected chi connectivity index (χ0v) is 16.5. The molecule has 0 aromatic carbocycles. The molecule has 0 atom stereocenters. The summed E-state index contributed by atoms with van der Waals surface area (Å²) in [5.74, 6) is 0.0923. The molecule has 0 spiro atoms. The van der Waals surface area contributed by atoms with E-state index in [1.165, 1.54) is 17.5 Å². The average Bonchev–Trinajstić information content (AvgIpc) is 2.98. The highest BCUT2D eigenvalue weighted by Gasteiger charge is 2.12. The number of fused-ring (bicyclic) bond motifs is 1. The first-order valence-corrected chi connectivity index (χ1v) is 9.71. The molecule has 0 aliphatic carbocycles. The highest BCUT2D eigenvalue weighted by atomic mass is 32.1. The molecular weight excluding hydrogens is 378 g/mol. The molecular formula is C19H21N5O3S. The summed E-state index contributed by atoms with van der Waals surface area (Å²) >= 11 is 1.48. The zero-order valence-electron chi connectivity index (χ0n) is 15.7. The van der Waals surface area contributed by atoms with Gasteiger partial charge in [-0.15, -0.1) is 11.3 Å². The number of nitrogens with one attached hydrogen (secondary N) is 3. The number of amides is 2. The van der Waals surface area contributed by atoms with Gasteiger partial charge in [0.1, 0.15) is 10.7 Å². The predicted octanol–water partition coefficient (Wildman–Crippen LogP) is 1.48. The molecule has 28 heavy (non-hydrogen) atoms. The largest absolute Gasteiger partial charge is 0.354 e. The molecule has 3 aromatic rings. The first-order valence-electron chi connectivity index (χ1n) is 8.89. The smallest absolute Gasteiger partial charge is 0.259 e. The molecule has 146 valence electrons. The Balaban J connectivity index is 1.45. The Morgan fingerprint density at radius 2 is 2.00 bits per heavy atom. The number of thiophene rings is 1. The van der Waals surface area contributed by atoms with Gasteiger partial charge in [-0.3, -0.25) is 19.4 Å². The highest BCUT2D eigenvalue weighted by Crippen LogP contribution is 2.25. The molecule has 3 N–H and O–H groups in total. The molecule has 0 aliphatic rings. The maximum atomic E-state index is 12.2. The van der Waals surface area contributed by atoms with Crippen LogP contribution in [-0.2, 0) is 11.2 Å². The van der Waals surface area contributed by atoms with Crippen LogP contribution >= 0.6 is 11.3 Å². The van der Waals surface area contributed by atoms with Gasteiger partial charge < -0.3 is 15.6 Å². The molecule has 0 radical (unpaired) electrons. The average molecular weight is 399 g/mol. The van der Waals surface area contributed by atoms with Crippen LogP contribution in [0.4, 0.5) is 0 Å². The van der Waals surface area contributed by atoms with Crippen LogP contribution in [0.3, 0.4) is 0 Å². The van der Waals surface area contributed by atoms with E-state index in [0.717, 1.165) is 10.4 Å². The third-order valence-corrected chi connectivity index (χ3v) is 5.43. The summed E-state index contributed by atoms with van der Waals surface area (Å²) in [6.45, 7) is 4.50. The van der Waals surface area contributed by atoms with Crippen molar-refractivity contribution in [2.24, 2.45) is 0 Å². The van der Waals surface area contributed by atoms with Crippen molar-refractivity contribution in [2.45, 2.75) is 26.7 Å². The van der Waals surface area contributed by atoms with E-state index in [9.17, 15) is 14.4 Å². The van der Waals surface area contributed by atoms with Gasteiger partial charge in [0.15, 0.2) is 0 Å².